The Morgan fingerprint density at radius 2 is 1.87 bits per heavy atom. The normalized spacial score (nSPS) is 26.7. The summed E-state index contributed by atoms with van der Waals surface area (Å²) in [5.41, 5.74) is 1.26. The Labute approximate surface area is 138 Å². The van der Waals surface area contributed by atoms with E-state index in [1.807, 2.05) is 45.0 Å². The van der Waals surface area contributed by atoms with Gasteiger partial charge in [-0.3, -0.25) is 5.32 Å². The number of nitrogens with one attached hydrogen (secondary N) is 2. The zero-order valence-corrected chi connectivity index (χ0v) is 14.3. The topological polar surface area (TPSA) is 53.6 Å². The molecule has 2 aliphatic heterocycles. The maximum absolute atomic E-state index is 12.0. The molecule has 1 amide bonds. The van der Waals surface area contributed by atoms with Gasteiger partial charge in [0.1, 0.15) is 5.60 Å². The lowest BCUT2D eigenvalue weighted by molar-refractivity contribution is 0.0636. The third kappa shape index (κ3) is 4.16. The van der Waals surface area contributed by atoms with Gasteiger partial charge in [-0.2, -0.15) is 0 Å². The van der Waals surface area contributed by atoms with Crippen LogP contribution in [-0.4, -0.2) is 42.3 Å². The number of fused-ring (bicyclic) bond motifs is 2. The highest BCUT2D eigenvalue weighted by Crippen LogP contribution is 2.31. The van der Waals surface area contributed by atoms with Crippen molar-refractivity contribution in [2.45, 2.75) is 45.3 Å². The Morgan fingerprint density at radius 3 is 2.61 bits per heavy atom. The van der Waals surface area contributed by atoms with Crippen LogP contribution in [0.15, 0.2) is 24.3 Å². The molecule has 2 saturated heterocycles. The molecule has 23 heavy (non-hydrogen) atoms. The van der Waals surface area contributed by atoms with Crippen LogP contribution in [0, 0.1) is 5.92 Å². The number of carbonyl (C=O) groups is 1. The number of para-hydroxylation sites is 2. The molecule has 0 saturated carbocycles. The average Bonchev–Trinajstić information content (AvgIpc) is 2.84. The number of rotatable bonds is 3. The first-order chi connectivity index (χ1) is 10.9. The molecule has 2 heterocycles. The van der Waals surface area contributed by atoms with Gasteiger partial charge in [-0.25, -0.2) is 4.79 Å². The minimum absolute atomic E-state index is 0.414. The van der Waals surface area contributed by atoms with Crippen LogP contribution in [0.5, 0.6) is 0 Å². The molecule has 0 aliphatic carbocycles. The quantitative estimate of drug-likeness (QED) is 0.895. The highest BCUT2D eigenvalue weighted by atomic mass is 16.6. The number of amides is 1. The number of carbonyl (C=O) groups excluding carboxylic acids is 1. The molecule has 3 rings (SSSR count). The van der Waals surface area contributed by atoms with Gasteiger partial charge in [0.25, 0.3) is 0 Å². The number of nitrogens with zero attached hydrogens (tertiary/aromatic N) is 1. The molecule has 2 N–H and O–H groups in total. The Bertz CT molecular complexity index is 568. The molecule has 1 aromatic rings. The van der Waals surface area contributed by atoms with Crippen LogP contribution in [0.4, 0.5) is 16.2 Å². The largest absolute Gasteiger partial charge is 0.444 e. The number of hydrogen-bond acceptors (Lipinski definition) is 4. The van der Waals surface area contributed by atoms with Crippen molar-refractivity contribution in [1.82, 2.24) is 4.90 Å². The van der Waals surface area contributed by atoms with Crippen LogP contribution >= 0.6 is 0 Å². The Hall–Kier alpha value is -1.75. The number of anilines is 2. The van der Waals surface area contributed by atoms with Crippen molar-refractivity contribution in [3.63, 3.8) is 0 Å². The highest BCUT2D eigenvalue weighted by Gasteiger charge is 2.34. The first-order valence-corrected chi connectivity index (χ1v) is 8.49. The second-order valence-corrected chi connectivity index (χ2v) is 7.56. The van der Waals surface area contributed by atoms with Crippen molar-refractivity contribution in [3.05, 3.63) is 24.3 Å². The fraction of sp³-hybridized carbons (Fsp3) is 0.611. The van der Waals surface area contributed by atoms with Gasteiger partial charge in [0.15, 0.2) is 0 Å². The summed E-state index contributed by atoms with van der Waals surface area (Å²) in [6.45, 7) is 9.18. The zero-order chi connectivity index (χ0) is 16.4. The molecule has 2 fully saturated rings. The van der Waals surface area contributed by atoms with Crippen LogP contribution in [-0.2, 0) is 4.74 Å². The van der Waals surface area contributed by atoms with Crippen molar-refractivity contribution in [3.8, 4) is 0 Å². The van der Waals surface area contributed by atoms with Gasteiger partial charge in [-0.15, -0.1) is 0 Å². The Kier molecular flexibility index (Phi) is 4.48. The summed E-state index contributed by atoms with van der Waals surface area (Å²) in [6, 6.07) is 8.34. The zero-order valence-electron chi connectivity index (χ0n) is 14.3. The molecule has 2 aliphatic rings. The molecule has 5 heteroatoms. The van der Waals surface area contributed by atoms with Crippen molar-refractivity contribution in [1.29, 1.82) is 0 Å². The molecule has 5 nitrogen and oxygen atoms in total. The standard InChI is InChI=1S/C18H27N3O2/c1-18(2,3)23-17(22)20-16-7-5-4-6-15(16)19-14-9-11-21-10-8-13(14)12-21/h4-7,13-14,19H,8-12H2,1-3H3,(H,20,22). The predicted octanol–water partition coefficient (Wildman–Crippen LogP) is 3.54. The fourth-order valence-electron chi connectivity index (χ4n) is 3.47. The van der Waals surface area contributed by atoms with Gasteiger partial charge in [-0.05, 0) is 58.2 Å². The lowest BCUT2D eigenvalue weighted by Gasteiger charge is -2.32. The van der Waals surface area contributed by atoms with E-state index in [1.54, 1.807) is 0 Å². The molecular weight excluding hydrogens is 290 g/mol. The minimum Gasteiger partial charge on any atom is -0.444 e. The van der Waals surface area contributed by atoms with Gasteiger partial charge in [0.05, 0.1) is 11.4 Å². The van der Waals surface area contributed by atoms with Crippen LogP contribution in [0.1, 0.15) is 33.6 Å². The Balaban J connectivity index is 1.67. The molecule has 0 spiro atoms. The summed E-state index contributed by atoms with van der Waals surface area (Å²) in [5, 5.41) is 6.51. The van der Waals surface area contributed by atoms with E-state index in [1.165, 1.54) is 19.5 Å². The van der Waals surface area contributed by atoms with E-state index in [0.29, 0.717) is 12.0 Å². The molecule has 3 atom stereocenters. The van der Waals surface area contributed by atoms with Crippen LogP contribution < -0.4 is 10.6 Å². The first-order valence-electron chi connectivity index (χ1n) is 8.49. The van der Waals surface area contributed by atoms with Crippen molar-refractivity contribution >= 4 is 17.5 Å². The van der Waals surface area contributed by atoms with Gasteiger partial charge < -0.3 is 15.0 Å². The summed E-state index contributed by atoms with van der Waals surface area (Å²) in [5.74, 6) is 0.707. The maximum atomic E-state index is 12.0. The van der Waals surface area contributed by atoms with E-state index in [4.69, 9.17) is 4.74 Å². The summed E-state index contributed by atoms with van der Waals surface area (Å²) in [6.07, 6.45) is 2.01. The summed E-state index contributed by atoms with van der Waals surface area (Å²) in [4.78, 5) is 14.6. The Morgan fingerprint density at radius 1 is 1.17 bits per heavy atom. The lowest BCUT2D eigenvalue weighted by Crippen LogP contribution is -2.39. The third-order valence-corrected chi connectivity index (χ3v) is 4.54. The van der Waals surface area contributed by atoms with Crippen LogP contribution in [0.3, 0.4) is 0 Å². The predicted molar refractivity (Wildman–Crippen MR) is 92.9 cm³/mol. The van der Waals surface area contributed by atoms with Crippen molar-refractivity contribution < 1.29 is 9.53 Å². The third-order valence-electron chi connectivity index (χ3n) is 4.54. The number of ether oxygens (including phenoxy) is 1. The monoisotopic (exact) mass is 317 g/mol. The van der Waals surface area contributed by atoms with E-state index in [2.05, 4.69) is 15.5 Å². The molecule has 2 bridgehead atoms. The number of benzene rings is 1. The van der Waals surface area contributed by atoms with Gasteiger partial charge in [-0.1, -0.05) is 12.1 Å². The van der Waals surface area contributed by atoms with E-state index in [0.717, 1.165) is 24.3 Å². The molecular formula is C18H27N3O2. The van der Waals surface area contributed by atoms with E-state index in [9.17, 15) is 4.79 Å². The fourth-order valence-corrected chi connectivity index (χ4v) is 3.47. The smallest absolute Gasteiger partial charge is 0.412 e. The average molecular weight is 317 g/mol. The summed E-state index contributed by atoms with van der Waals surface area (Å²) >= 11 is 0. The maximum Gasteiger partial charge on any atom is 0.412 e. The lowest BCUT2D eigenvalue weighted by atomic mass is 9.94. The number of hydrogen-bond donors (Lipinski definition) is 2. The second-order valence-electron chi connectivity index (χ2n) is 7.56. The van der Waals surface area contributed by atoms with Crippen LogP contribution in [0.2, 0.25) is 0 Å². The molecule has 0 radical (unpaired) electrons. The van der Waals surface area contributed by atoms with Crippen molar-refractivity contribution in [2.75, 3.05) is 30.3 Å². The minimum atomic E-state index is -0.497. The molecule has 1 aromatic carbocycles. The first kappa shape index (κ1) is 16.1. The second kappa shape index (κ2) is 6.40. The van der Waals surface area contributed by atoms with Gasteiger partial charge in [0.2, 0.25) is 0 Å². The van der Waals surface area contributed by atoms with E-state index >= 15 is 0 Å². The molecule has 126 valence electrons. The van der Waals surface area contributed by atoms with Crippen LogP contribution in [0.25, 0.3) is 0 Å². The summed E-state index contributed by atoms with van der Waals surface area (Å²) < 4.78 is 5.35. The van der Waals surface area contributed by atoms with Gasteiger partial charge >= 0.3 is 6.09 Å². The van der Waals surface area contributed by atoms with E-state index < -0.39 is 11.7 Å². The SMILES string of the molecule is CC(C)(C)OC(=O)Nc1ccccc1NC1CCN2CCC1C2. The van der Waals surface area contributed by atoms with E-state index in [-0.39, 0.29) is 0 Å². The molecule has 0 aromatic heterocycles. The summed E-state index contributed by atoms with van der Waals surface area (Å²) in [7, 11) is 0. The molecule has 3 unspecified atom stereocenters. The van der Waals surface area contributed by atoms with Crippen molar-refractivity contribution in [2.24, 2.45) is 5.92 Å². The highest BCUT2D eigenvalue weighted by molar-refractivity contribution is 5.89. The number of piperidine rings is 1. The van der Waals surface area contributed by atoms with Gasteiger partial charge in [0, 0.05) is 19.1 Å².